The minimum atomic E-state index is -0.306. The van der Waals surface area contributed by atoms with Crippen LogP contribution in [-0.4, -0.2) is 37.3 Å². The van der Waals surface area contributed by atoms with Crippen molar-refractivity contribution in [2.24, 2.45) is 0 Å². The molecule has 1 N–H and O–H groups in total. The number of fused-ring (bicyclic) bond motifs is 1. The van der Waals surface area contributed by atoms with Gasteiger partial charge in [-0.1, -0.05) is 12.1 Å². The third-order valence-electron chi connectivity index (χ3n) is 3.44. The summed E-state index contributed by atoms with van der Waals surface area (Å²) in [6, 6.07) is 6.02. The second-order valence-corrected chi connectivity index (χ2v) is 5.24. The molecule has 1 atom stereocenters. The van der Waals surface area contributed by atoms with Gasteiger partial charge in [-0.15, -0.1) is 0 Å². The summed E-state index contributed by atoms with van der Waals surface area (Å²) in [7, 11) is 4.14. The quantitative estimate of drug-likeness (QED) is 0.813. The summed E-state index contributed by atoms with van der Waals surface area (Å²) in [4.78, 5) is 2.16. The third-order valence-corrected chi connectivity index (χ3v) is 3.44. The third kappa shape index (κ3) is 3.24. The molecule has 0 heterocycles. The Kier molecular flexibility index (Phi) is 4.61. The van der Waals surface area contributed by atoms with Gasteiger partial charge in [0.05, 0.1) is 12.7 Å². The molecule has 0 spiro atoms. The van der Waals surface area contributed by atoms with Crippen LogP contribution >= 0.6 is 0 Å². The number of nitrogens with zero attached hydrogens (tertiary/aromatic N) is 1. The largest absolute Gasteiger partial charge is 0.493 e. The van der Waals surface area contributed by atoms with Crippen LogP contribution in [0, 0.1) is 0 Å². The topological polar surface area (TPSA) is 32.7 Å². The maximum atomic E-state index is 9.97. The van der Waals surface area contributed by atoms with Gasteiger partial charge in [0.25, 0.3) is 0 Å². The van der Waals surface area contributed by atoms with E-state index < -0.39 is 0 Å². The molecule has 1 aromatic carbocycles. The van der Waals surface area contributed by atoms with E-state index in [1.807, 2.05) is 18.2 Å². The summed E-state index contributed by atoms with van der Waals surface area (Å²) in [5.41, 5.74) is 2.27. The molecule has 1 aliphatic carbocycles. The number of aliphatic hydroxyl groups excluding tert-OH is 1. The van der Waals surface area contributed by atoms with Crippen LogP contribution in [-0.2, 0) is 6.42 Å². The van der Waals surface area contributed by atoms with E-state index in [4.69, 9.17) is 4.74 Å². The maximum Gasteiger partial charge on any atom is 0.122 e. The Labute approximate surface area is 109 Å². The van der Waals surface area contributed by atoms with Crippen LogP contribution in [0.15, 0.2) is 18.2 Å². The Morgan fingerprint density at radius 3 is 3.00 bits per heavy atom. The van der Waals surface area contributed by atoms with Crippen molar-refractivity contribution in [3.63, 3.8) is 0 Å². The summed E-state index contributed by atoms with van der Waals surface area (Å²) >= 11 is 0. The molecule has 1 aromatic rings. The Morgan fingerprint density at radius 2 is 2.22 bits per heavy atom. The number of benzene rings is 1. The SMILES string of the molecule is CN(C)CCCOc1cccc2c1CCCC2O. The van der Waals surface area contributed by atoms with Gasteiger partial charge in [-0.25, -0.2) is 0 Å². The zero-order valence-electron chi connectivity index (χ0n) is 11.4. The highest BCUT2D eigenvalue weighted by atomic mass is 16.5. The number of aliphatic hydroxyl groups is 1. The van der Waals surface area contributed by atoms with Gasteiger partial charge < -0.3 is 14.7 Å². The minimum Gasteiger partial charge on any atom is -0.493 e. The summed E-state index contributed by atoms with van der Waals surface area (Å²) < 4.78 is 5.87. The highest BCUT2D eigenvalue weighted by molar-refractivity contribution is 5.42. The number of ether oxygens (including phenoxy) is 1. The zero-order valence-corrected chi connectivity index (χ0v) is 11.4. The van der Waals surface area contributed by atoms with Crippen LogP contribution in [0.3, 0.4) is 0 Å². The summed E-state index contributed by atoms with van der Waals surface area (Å²) in [6.45, 7) is 1.78. The molecular weight excluding hydrogens is 226 g/mol. The van der Waals surface area contributed by atoms with E-state index in [2.05, 4.69) is 19.0 Å². The molecule has 0 radical (unpaired) electrons. The highest BCUT2D eigenvalue weighted by Crippen LogP contribution is 2.35. The van der Waals surface area contributed by atoms with Crippen LogP contribution in [0.4, 0.5) is 0 Å². The van der Waals surface area contributed by atoms with Gasteiger partial charge in [-0.2, -0.15) is 0 Å². The Bertz CT molecular complexity index is 390. The Morgan fingerprint density at radius 1 is 1.39 bits per heavy atom. The van der Waals surface area contributed by atoms with Gasteiger partial charge in [-0.3, -0.25) is 0 Å². The fourth-order valence-corrected chi connectivity index (χ4v) is 2.49. The smallest absolute Gasteiger partial charge is 0.122 e. The molecule has 3 heteroatoms. The molecule has 0 fully saturated rings. The molecule has 2 rings (SSSR count). The van der Waals surface area contributed by atoms with E-state index in [1.54, 1.807) is 0 Å². The van der Waals surface area contributed by atoms with E-state index in [0.717, 1.165) is 50.1 Å². The predicted molar refractivity (Wildman–Crippen MR) is 73.0 cm³/mol. The average molecular weight is 249 g/mol. The molecule has 0 bridgehead atoms. The first-order valence-electron chi connectivity index (χ1n) is 6.76. The van der Waals surface area contributed by atoms with Crippen molar-refractivity contribution < 1.29 is 9.84 Å². The molecule has 18 heavy (non-hydrogen) atoms. The summed E-state index contributed by atoms with van der Waals surface area (Å²) in [6.07, 6.45) is 3.66. The van der Waals surface area contributed by atoms with Crippen molar-refractivity contribution in [2.75, 3.05) is 27.2 Å². The van der Waals surface area contributed by atoms with Gasteiger partial charge >= 0.3 is 0 Å². The van der Waals surface area contributed by atoms with E-state index in [-0.39, 0.29) is 6.10 Å². The number of hydrogen-bond acceptors (Lipinski definition) is 3. The number of rotatable bonds is 5. The van der Waals surface area contributed by atoms with E-state index in [1.165, 1.54) is 5.56 Å². The van der Waals surface area contributed by atoms with E-state index in [9.17, 15) is 5.11 Å². The van der Waals surface area contributed by atoms with E-state index in [0.29, 0.717) is 0 Å². The molecule has 3 nitrogen and oxygen atoms in total. The van der Waals surface area contributed by atoms with Gasteiger partial charge in [0.1, 0.15) is 5.75 Å². The normalized spacial score (nSPS) is 18.8. The van der Waals surface area contributed by atoms with Crippen molar-refractivity contribution >= 4 is 0 Å². The molecule has 0 aromatic heterocycles. The van der Waals surface area contributed by atoms with Crippen molar-refractivity contribution in [1.82, 2.24) is 4.90 Å². The Hall–Kier alpha value is -1.06. The van der Waals surface area contributed by atoms with Gasteiger partial charge in [0.2, 0.25) is 0 Å². The van der Waals surface area contributed by atoms with Crippen LogP contribution in [0.1, 0.15) is 36.5 Å². The van der Waals surface area contributed by atoms with Gasteiger partial charge in [0, 0.05) is 6.54 Å². The van der Waals surface area contributed by atoms with Crippen molar-refractivity contribution in [3.05, 3.63) is 29.3 Å². The first-order valence-corrected chi connectivity index (χ1v) is 6.76. The molecule has 1 aliphatic rings. The minimum absolute atomic E-state index is 0.306. The lowest BCUT2D eigenvalue weighted by molar-refractivity contribution is 0.155. The van der Waals surface area contributed by atoms with Crippen LogP contribution < -0.4 is 4.74 Å². The highest BCUT2D eigenvalue weighted by Gasteiger charge is 2.20. The molecule has 0 saturated heterocycles. The lowest BCUT2D eigenvalue weighted by Gasteiger charge is -2.23. The van der Waals surface area contributed by atoms with E-state index >= 15 is 0 Å². The molecule has 0 aliphatic heterocycles. The van der Waals surface area contributed by atoms with Crippen molar-refractivity contribution in [2.45, 2.75) is 31.8 Å². The lowest BCUT2D eigenvalue weighted by atomic mass is 9.89. The summed E-state index contributed by atoms with van der Waals surface area (Å²) in [5, 5.41) is 9.97. The maximum absolute atomic E-state index is 9.97. The van der Waals surface area contributed by atoms with Crippen LogP contribution in [0.25, 0.3) is 0 Å². The molecular formula is C15H23NO2. The van der Waals surface area contributed by atoms with Crippen LogP contribution in [0.5, 0.6) is 5.75 Å². The molecule has 0 amide bonds. The number of hydrogen-bond donors (Lipinski definition) is 1. The first-order chi connectivity index (χ1) is 8.68. The molecule has 100 valence electrons. The first kappa shape index (κ1) is 13.4. The molecule has 1 unspecified atom stereocenters. The standard InChI is InChI=1S/C15H23NO2/c1-16(2)10-5-11-18-15-9-4-6-12-13(15)7-3-8-14(12)17/h4,6,9,14,17H,3,5,7-8,10-11H2,1-2H3. The van der Waals surface area contributed by atoms with Crippen molar-refractivity contribution in [1.29, 1.82) is 0 Å². The average Bonchev–Trinajstić information content (AvgIpc) is 2.35. The zero-order chi connectivity index (χ0) is 13.0. The fourth-order valence-electron chi connectivity index (χ4n) is 2.49. The van der Waals surface area contributed by atoms with Crippen molar-refractivity contribution in [3.8, 4) is 5.75 Å². The second-order valence-electron chi connectivity index (χ2n) is 5.24. The predicted octanol–water partition coefficient (Wildman–Crippen LogP) is 2.39. The Balaban J connectivity index is 1.98. The summed E-state index contributed by atoms with van der Waals surface area (Å²) in [5.74, 6) is 0.963. The van der Waals surface area contributed by atoms with Gasteiger partial charge in [-0.05, 0) is 57.0 Å². The second kappa shape index (κ2) is 6.21. The molecule has 0 saturated carbocycles. The monoisotopic (exact) mass is 249 g/mol. The van der Waals surface area contributed by atoms with Crippen LogP contribution in [0.2, 0.25) is 0 Å². The van der Waals surface area contributed by atoms with Gasteiger partial charge in [0.15, 0.2) is 0 Å². The fraction of sp³-hybridized carbons (Fsp3) is 0.600. The lowest BCUT2D eigenvalue weighted by Crippen LogP contribution is -2.16.